The van der Waals surface area contributed by atoms with Crippen LogP contribution in [0.25, 0.3) is 0 Å². The molecular formula is C28H39Cl2N3O5S. The normalized spacial score (nSPS) is 12.9. The van der Waals surface area contributed by atoms with E-state index in [9.17, 15) is 18.0 Å². The summed E-state index contributed by atoms with van der Waals surface area (Å²) in [5.74, 6) is 0.0906. The zero-order chi connectivity index (χ0) is 29.2. The van der Waals surface area contributed by atoms with Crippen LogP contribution in [0.2, 0.25) is 10.0 Å². The van der Waals surface area contributed by atoms with E-state index in [1.54, 1.807) is 42.5 Å². The monoisotopic (exact) mass is 599 g/mol. The number of nitrogens with one attached hydrogen (secondary N) is 1. The molecule has 0 aliphatic rings. The highest BCUT2D eigenvalue weighted by Crippen LogP contribution is 2.28. The fourth-order valence-corrected chi connectivity index (χ4v) is 5.58. The number of nitrogens with zero attached hydrogens (tertiary/aromatic N) is 2. The molecule has 0 radical (unpaired) electrons. The third-order valence-corrected chi connectivity index (χ3v) is 8.27. The first kappa shape index (κ1) is 32.7. The van der Waals surface area contributed by atoms with Gasteiger partial charge in [0.15, 0.2) is 0 Å². The van der Waals surface area contributed by atoms with Gasteiger partial charge < -0.3 is 15.0 Å². The number of rotatable bonds is 15. The molecule has 0 saturated carbocycles. The molecule has 2 amide bonds. The number of hydrogen-bond donors (Lipinski definition) is 1. The van der Waals surface area contributed by atoms with Gasteiger partial charge in [-0.15, -0.1) is 0 Å². The zero-order valence-corrected chi connectivity index (χ0v) is 25.6. The van der Waals surface area contributed by atoms with E-state index in [4.69, 9.17) is 27.9 Å². The third-order valence-electron chi connectivity index (χ3n) is 6.36. The Bertz CT molecular complexity index is 1190. The van der Waals surface area contributed by atoms with E-state index in [0.717, 1.165) is 12.7 Å². The lowest BCUT2D eigenvalue weighted by atomic mass is 10.1. The van der Waals surface area contributed by atoms with Crippen molar-refractivity contribution in [2.45, 2.75) is 72.0 Å². The van der Waals surface area contributed by atoms with Gasteiger partial charge in [0.25, 0.3) is 0 Å². The summed E-state index contributed by atoms with van der Waals surface area (Å²) in [4.78, 5) is 28.2. The number of anilines is 1. The summed E-state index contributed by atoms with van der Waals surface area (Å²) < 4.78 is 31.8. The molecule has 2 rings (SSSR count). The van der Waals surface area contributed by atoms with Crippen LogP contribution in [0.4, 0.5) is 5.69 Å². The van der Waals surface area contributed by atoms with Gasteiger partial charge in [-0.05, 0) is 69.5 Å². The second-order valence-corrected chi connectivity index (χ2v) is 12.1. The average molecular weight is 601 g/mol. The van der Waals surface area contributed by atoms with Crippen LogP contribution in [-0.4, -0.2) is 56.6 Å². The van der Waals surface area contributed by atoms with E-state index < -0.39 is 16.1 Å². The highest BCUT2D eigenvalue weighted by Gasteiger charge is 2.30. The van der Waals surface area contributed by atoms with Crippen LogP contribution in [0.3, 0.4) is 0 Å². The Morgan fingerprint density at radius 2 is 1.62 bits per heavy atom. The maximum Gasteiger partial charge on any atom is 0.243 e. The number of halogens is 2. The van der Waals surface area contributed by atoms with Crippen LogP contribution < -0.4 is 14.4 Å². The third kappa shape index (κ3) is 9.58. The van der Waals surface area contributed by atoms with Gasteiger partial charge in [-0.2, -0.15) is 0 Å². The maximum absolute atomic E-state index is 13.6. The van der Waals surface area contributed by atoms with E-state index in [1.807, 2.05) is 27.7 Å². The topological polar surface area (TPSA) is 96.0 Å². The fraction of sp³-hybridized carbons (Fsp3) is 0.500. The van der Waals surface area contributed by atoms with Gasteiger partial charge in [-0.25, -0.2) is 8.42 Å². The van der Waals surface area contributed by atoms with Crippen molar-refractivity contribution in [1.82, 2.24) is 10.2 Å². The van der Waals surface area contributed by atoms with Crippen LogP contribution in [-0.2, 0) is 26.2 Å². The van der Waals surface area contributed by atoms with Crippen LogP contribution in [0, 0.1) is 0 Å². The Kier molecular flexibility index (Phi) is 12.9. The van der Waals surface area contributed by atoms with Crippen molar-refractivity contribution in [1.29, 1.82) is 0 Å². The number of carbonyl (C=O) groups is 2. The highest BCUT2D eigenvalue weighted by molar-refractivity contribution is 7.92. The van der Waals surface area contributed by atoms with Crippen molar-refractivity contribution in [2.24, 2.45) is 0 Å². The summed E-state index contributed by atoms with van der Waals surface area (Å²) in [5.41, 5.74) is 1.03. The van der Waals surface area contributed by atoms with Crippen molar-refractivity contribution in [3.05, 3.63) is 58.1 Å². The van der Waals surface area contributed by atoms with Gasteiger partial charge in [0.05, 0.1) is 18.6 Å². The molecule has 39 heavy (non-hydrogen) atoms. The van der Waals surface area contributed by atoms with Gasteiger partial charge in [0.2, 0.25) is 21.8 Å². The number of sulfonamides is 1. The molecule has 0 aliphatic heterocycles. The Morgan fingerprint density at radius 1 is 1.00 bits per heavy atom. The molecule has 2 atom stereocenters. The molecule has 0 bridgehead atoms. The van der Waals surface area contributed by atoms with Crippen LogP contribution in [0.1, 0.15) is 58.9 Å². The Labute approximate surface area is 242 Å². The number of carbonyl (C=O) groups excluding carboxylic acids is 2. The zero-order valence-electron chi connectivity index (χ0n) is 23.2. The smallest absolute Gasteiger partial charge is 0.243 e. The van der Waals surface area contributed by atoms with E-state index in [2.05, 4.69) is 5.32 Å². The standard InChI is InChI=1S/C28H39Cl2N3O5S/c1-6-20(4)31-28(35)26(7-2)32(19-23-24(29)11-9-12-25(23)30)27(34)13-10-18-33(39(5,36)37)21-14-16-22(17-15-21)38-8-3/h9,11-12,14-17,20,26H,6-8,10,13,18-19H2,1-5H3,(H,31,35)/t20-,26-/m0/s1. The van der Waals surface area contributed by atoms with Gasteiger partial charge in [0, 0.05) is 41.2 Å². The molecule has 11 heteroatoms. The molecule has 0 aromatic heterocycles. The van der Waals surface area contributed by atoms with E-state index in [1.165, 1.54) is 9.21 Å². The summed E-state index contributed by atoms with van der Waals surface area (Å²) in [6.07, 6.45) is 2.54. The molecular weight excluding hydrogens is 561 g/mol. The lowest BCUT2D eigenvalue weighted by molar-refractivity contribution is -0.141. The Balaban J connectivity index is 2.26. The summed E-state index contributed by atoms with van der Waals surface area (Å²) in [6, 6.07) is 11.1. The summed E-state index contributed by atoms with van der Waals surface area (Å²) in [5, 5.41) is 3.76. The first-order valence-corrected chi connectivity index (χ1v) is 15.8. The highest BCUT2D eigenvalue weighted by atomic mass is 35.5. The predicted molar refractivity (Wildman–Crippen MR) is 158 cm³/mol. The molecule has 0 fully saturated rings. The van der Waals surface area contributed by atoms with Gasteiger partial charge >= 0.3 is 0 Å². The maximum atomic E-state index is 13.6. The molecule has 216 valence electrons. The van der Waals surface area contributed by atoms with Crippen LogP contribution in [0.5, 0.6) is 5.75 Å². The first-order chi connectivity index (χ1) is 18.4. The van der Waals surface area contributed by atoms with Crippen molar-refractivity contribution >= 4 is 50.7 Å². The minimum Gasteiger partial charge on any atom is -0.494 e. The summed E-state index contributed by atoms with van der Waals surface area (Å²) in [7, 11) is -3.60. The SMILES string of the molecule is CCOc1ccc(N(CCCC(=O)N(Cc2c(Cl)cccc2Cl)[C@@H](CC)C(=O)N[C@@H](C)CC)S(C)(=O)=O)cc1. The Hall–Kier alpha value is -2.49. The second-order valence-electron chi connectivity index (χ2n) is 9.33. The van der Waals surface area contributed by atoms with E-state index >= 15 is 0 Å². The quantitative estimate of drug-likeness (QED) is 0.285. The van der Waals surface area contributed by atoms with Crippen molar-refractivity contribution in [2.75, 3.05) is 23.7 Å². The molecule has 0 spiro atoms. The molecule has 0 aliphatic carbocycles. The molecule has 0 saturated heterocycles. The molecule has 8 nitrogen and oxygen atoms in total. The lowest BCUT2D eigenvalue weighted by Gasteiger charge is -2.32. The lowest BCUT2D eigenvalue weighted by Crippen LogP contribution is -2.50. The largest absolute Gasteiger partial charge is 0.494 e. The second kappa shape index (κ2) is 15.3. The van der Waals surface area contributed by atoms with Crippen molar-refractivity contribution in [3.8, 4) is 5.75 Å². The summed E-state index contributed by atoms with van der Waals surface area (Å²) in [6.45, 7) is 8.23. The van der Waals surface area contributed by atoms with Gasteiger partial charge in [0.1, 0.15) is 11.8 Å². The number of hydrogen-bond acceptors (Lipinski definition) is 5. The first-order valence-electron chi connectivity index (χ1n) is 13.2. The predicted octanol–water partition coefficient (Wildman–Crippen LogP) is 5.66. The van der Waals surface area contributed by atoms with Gasteiger partial charge in [-0.1, -0.05) is 43.1 Å². The van der Waals surface area contributed by atoms with E-state index in [0.29, 0.717) is 40.1 Å². The van der Waals surface area contributed by atoms with E-state index in [-0.39, 0.29) is 43.8 Å². The molecule has 1 N–H and O–H groups in total. The van der Waals surface area contributed by atoms with Gasteiger partial charge in [-0.3, -0.25) is 13.9 Å². The minimum atomic E-state index is -3.60. The summed E-state index contributed by atoms with van der Waals surface area (Å²) >= 11 is 12.8. The van der Waals surface area contributed by atoms with Crippen LogP contribution >= 0.6 is 23.2 Å². The molecule has 2 aromatic rings. The molecule has 0 heterocycles. The van der Waals surface area contributed by atoms with Crippen molar-refractivity contribution in [3.63, 3.8) is 0 Å². The molecule has 0 unspecified atom stereocenters. The Morgan fingerprint density at radius 3 is 2.13 bits per heavy atom. The van der Waals surface area contributed by atoms with Crippen molar-refractivity contribution < 1.29 is 22.7 Å². The number of benzene rings is 2. The number of ether oxygens (including phenoxy) is 1. The molecule has 2 aromatic carbocycles. The number of amides is 2. The fourth-order valence-electron chi connectivity index (χ4n) is 4.09. The van der Waals surface area contributed by atoms with Crippen LogP contribution in [0.15, 0.2) is 42.5 Å². The minimum absolute atomic E-state index is 0.0260. The average Bonchev–Trinajstić information content (AvgIpc) is 2.88.